The molecule has 0 aromatic carbocycles. The summed E-state index contributed by atoms with van der Waals surface area (Å²) in [6.07, 6.45) is 5.53. The molecule has 1 atom stereocenters. The van der Waals surface area contributed by atoms with Crippen LogP contribution in [0.2, 0.25) is 0 Å². The van der Waals surface area contributed by atoms with Gasteiger partial charge >= 0.3 is 0 Å². The average molecular weight is 240 g/mol. The van der Waals surface area contributed by atoms with Crippen LogP contribution in [0.25, 0.3) is 6.08 Å². The molecule has 1 aromatic heterocycles. The highest BCUT2D eigenvalue weighted by atomic mass is 32.1. The number of carbonyl (C=O) groups is 1. The summed E-state index contributed by atoms with van der Waals surface area (Å²) in [5.41, 5.74) is 0. The first-order valence-corrected chi connectivity index (χ1v) is 5.95. The predicted octanol–water partition coefficient (Wildman–Crippen LogP) is 1.35. The van der Waals surface area contributed by atoms with Crippen molar-refractivity contribution in [3.05, 3.63) is 22.2 Å². The fraction of sp³-hybridized carbons (Fsp3) is 0.455. The maximum Gasteiger partial charge on any atom is 0.244 e. The molecule has 0 spiro atoms. The van der Waals surface area contributed by atoms with Gasteiger partial charge < -0.3 is 10.4 Å². The Morgan fingerprint density at radius 1 is 1.75 bits per heavy atom. The fourth-order valence-electron chi connectivity index (χ4n) is 1.17. The second-order valence-electron chi connectivity index (χ2n) is 3.54. The zero-order valence-corrected chi connectivity index (χ0v) is 10.3. The van der Waals surface area contributed by atoms with E-state index in [-0.39, 0.29) is 18.6 Å². The highest BCUT2D eigenvalue weighted by Gasteiger charge is 2.03. The van der Waals surface area contributed by atoms with E-state index in [1.807, 2.05) is 13.8 Å². The Balaban J connectivity index is 2.42. The van der Waals surface area contributed by atoms with Crippen molar-refractivity contribution in [2.24, 2.45) is 0 Å². The highest BCUT2D eigenvalue weighted by Crippen LogP contribution is 2.12. The van der Waals surface area contributed by atoms with Gasteiger partial charge in [-0.25, -0.2) is 4.98 Å². The normalized spacial score (nSPS) is 12.9. The molecule has 0 aliphatic carbocycles. The fourth-order valence-corrected chi connectivity index (χ4v) is 1.86. The number of rotatable bonds is 5. The van der Waals surface area contributed by atoms with E-state index in [0.717, 1.165) is 9.88 Å². The van der Waals surface area contributed by atoms with Crippen molar-refractivity contribution >= 4 is 23.3 Å². The number of aromatic nitrogens is 1. The van der Waals surface area contributed by atoms with Crippen LogP contribution in [0.15, 0.2) is 12.3 Å². The van der Waals surface area contributed by atoms with Crippen LogP contribution < -0.4 is 5.32 Å². The molecule has 0 radical (unpaired) electrons. The van der Waals surface area contributed by atoms with Crippen LogP contribution in [0.4, 0.5) is 0 Å². The number of nitrogens with one attached hydrogen (secondary N) is 1. The Kier molecular flexibility index (Phi) is 5.14. The monoisotopic (exact) mass is 240 g/mol. The van der Waals surface area contributed by atoms with E-state index in [4.69, 9.17) is 5.11 Å². The van der Waals surface area contributed by atoms with Crippen LogP contribution in [0.5, 0.6) is 0 Å². The third-order valence-corrected chi connectivity index (χ3v) is 2.87. The Hall–Kier alpha value is -1.20. The van der Waals surface area contributed by atoms with E-state index in [9.17, 15) is 4.79 Å². The van der Waals surface area contributed by atoms with Crippen LogP contribution in [0.1, 0.15) is 23.2 Å². The Morgan fingerprint density at radius 3 is 3.06 bits per heavy atom. The van der Waals surface area contributed by atoms with Gasteiger partial charge in [0.05, 0.1) is 5.01 Å². The molecule has 1 rings (SSSR count). The van der Waals surface area contributed by atoms with E-state index in [0.29, 0.717) is 6.42 Å². The number of hydrogen-bond donors (Lipinski definition) is 2. The number of hydrogen-bond acceptors (Lipinski definition) is 4. The molecule has 0 fully saturated rings. The van der Waals surface area contributed by atoms with Crippen LogP contribution in [-0.2, 0) is 4.79 Å². The minimum absolute atomic E-state index is 0.00894. The summed E-state index contributed by atoms with van der Waals surface area (Å²) in [6.45, 7) is 3.86. The zero-order valence-electron chi connectivity index (χ0n) is 9.43. The summed E-state index contributed by atoms with van der Waals surface area (Å²) >= 11 is 1.54. The number of carbonyl (C=O) groups excluding carboxylic acids is 1. The first-order valence-electron chi connectivity index (χ1n) is 5.13. The number of thiazole rings is 1. The third kappa shape index (κ3) is 4.55. The van der Waals surface area contributed by atoms with E-state index >= 15 is 0 Å². The molecule has 5 heteroatoms. The van der Waals surface area contributed by atoms with Crippen LogP contribution in [-0.4, -0.2) is 28.6 Å². The van der Waals surface area contributed by atoms with Gasteiger partial charge in [0.2, 0.25) is 5.91 Å². The van der Waals surface area contributed by atoms with Gasteiger partial charge in [-0.3, -0.25) is 4.79 Å². The maximum absolute atomic E-state index is 11.4. The minimum Gasteiger partial charge on any atom is -0.396 e. The molecule has 0 aliphatic rings. The molecule has 0 bridgehead atoms. The molecule has 0 saturated carbocycles. The smallest absolute Gasteiger partial charge is 0.244 e. The summed E-state index contributed by atoms with van der Waals surface area (Å²) in [5, 5.41) is 12.4. The Morgan fingerprint density at radius 2 is 2.50 bits per heavy atom. The van der Waals surface area contributed by atoms with E-state index in [2.05, 4.69) is 10.3 Å². The number of aryl methyl sites for hydroxylation is 1. The molecular formula is C11H16N2O2S. The molecule has 1 amide bonds. The quantitative estimate of drug-likeness (QED) is 0.764. The van der Waals surface area contributed by atoms with Crippen molar-refractivity contribution < 1.29 is 9.90 Å². The molecule has 0 saturated heterocycles. The summed E-state index contributed by atoms with van der Waals surface area (Å²) in [6, 6.07) is -0.00894. The van der Waals surface area contributed by atoms with E-state index < -0.39 is 0 Å². The van der Waals surface area contributed by atoms with Crippen molar-refractivity contribution in [2.45, 2.75) is 26.3 Å². The third-order valence-electron chi connectivity index (χ3n) is 1.99. The molecule has 4 nitrogen and oxygen atoms in total. The van der Waals surface area contributed by atoms with Crippen LogP contribution in [0, 0.1) is 6.92 Å². The SMILES string of the molecule is Cc1ncc(/C=C/C(=O)NC(C)CCO)s1. The zero-order chi connectivity index (χ0) is 12.0. The summed E-state index contributed by atoms with van der Waals surface area (Å²) in [5.74, 6) is -0.146. The molecule has 0 aliphatic heterocycles. The van der Waals surface area contributed by atoms with Gasteiger partial charge in [0, 0.05) is 29.8 Å². The summed E-state index contributed by atoms with van der Waals surface area (Å²) in [4.78, 5) is 16.5. The second kappa shape index (κ2) is 6.40. The first kappa shape index (κ1) is 12.9. The van der Waals surface area contributed by atoms with Gasteiger partial charge in [0.25, 0.3) is 0 Å². The molecule has 2 N–H and O–H groups in total. The number of aliphatic hydroxyl groups is 1. The molecule has 1 heterocycles. The second-order valence-corrected chi connectivity index (χ2v) is 4.80. The number of amides is 1. The minimum atomic E-state index is -0.146. The van der Waals surface area contributed by atoms with Crippen LogP contribution >= 0.6 is 11.3 Å². The first-order chi connectivity index (χ1) is 7.61. The number of aliphatic hydroxyl groups excluding tert-OH is 1. The van der Waals surface area contributed by atoms with Gasteiger partial charge in [-0.15, -0.1) is 11.3 Å². The molecule has 16 heavy (non-hydrogen) atoms. The van der Waals surface area contributed by atoms with Gasteiger partial charge in [-0.2, -0.15) is 0 Å². The maximum atomic E-state index is 11.4. The predicted molar refractivity (Wildman–Crippen MR) is 65.2 cm³/mol. The largest absolute Gasteiger partial charge is 0.396 e. The van der Waals surface area contributed by atoms with Crippen molar-refractivity contribution in [3.63, 3.8) is 0 Å². The highest BCUT2D eigenvalue weighted by molar-refractivity contribution is 7.12. The standard InChI is InChI=1S/C11H16N2O2S/c1-8(5-6-14)13-11(15)4-3-10-7-12-9(2)16-10/h3-4,7-8,14H,5-6H2,1-2H3,(H,13,15)/b4-3+. The molecule has 88 valence electrons. The lowest BCUT2D eigenvalue weighted by molar-refractivity contribution is -0.117. The van der Waals surface area contributed by atoms with Crippen molar-refractivity contribution in [2.75, 3.05) is 6.61 Å². The van der Waals surface area contributed by atoms with E-state index in [1.165, 1.54) is 6.08 Å². The molecule has 1 unspecified atom stereocenters. The lowest BCUT2D eigenvalue weighted by Crippen LogP contribution is -2.31. The lowest BCUT2D eigenvalue weighted by Gasteiger charge is -2.09. The van der Waals surface area contributed by atoms with Crippen LogP contribution in [0.3, 0.4) is 0 Å². The van der Waals surface area contributed by atoms with Gasteiger partial charge in [0.1, 0.15) is 0 Å². The van der Waals surface area contributed by atoms with Gasteiger partial charge in [-0.1, -0.05) is 0 Å². The Labute approximate surface area is 99.0 Å². The van der Waals surface area contributed by atoms with Crippen molar-refractivity contribution in [1.82, 2.24) is 10.3 Å². The van der Waals surface area contributed by atoms with Gasteiger partial charge in [-0.05, 0) is 26.3 Å². The van der Waals surface area contributed by atoms with Crippen molar-refractivity contribution in [3.8, 4) is 0 Å². The average Bonchev–Trinajstić information content (AvgIpc) is 2.61. The lowest BCUT2D eigenvalue weighted by atomic mass is 10.2. The van der Waals surface area contributed by atoms with E-state index in [1.54, 1.807) is 23.6 Å². The summed E-state index contributed by atoms with van der Waals surface area (Å²) in [7, 11) is 0. The van der Waals surface area contributed by atoms with Gasteiger partial charge in [0.15, 0.2) is 0 Å². The summed E-state index contributed by atoms with van der Waals surface area (Å²) < 4.78 is 0. The molecule has 1 aromatic rings. The number of nitrogens with zero attached hydrogens (tertiary/aromatic N) is 1. The topological polar surface area (TPSA) is 62.2 Å². The Bertz CT molecular complexity index is 374. The molecular weight excluding hydrogens is 224 g/mol. The van der Waals surface area contributed by atoms with Crippen molar-refractivity contribution in [1.29, 1.82) is 0 Å².